The highest BCUT2D eigenvalue weighted by molar-refractivity contribution is 5.85. The van der Waals surface area contributed by atoms with Crippen LogP contribution in [-0.2, 0) is 4.79 Å². The fourth-order valence-corrected chi connectivity index (χ4v) is 1.53. The van der Waals surface area contributed by atoms with E-state index >= 15 is 0 Å². The van der Waals surface area contributed by atoms with Gasteiger partial charge in [-0.3, -0.25) is 4.79 Å². The Kier molecular flexibility index (Phi) is 2.49. The first-order valence-corrected chi connectivity index (χ1v) is 4.12. The van der Waals surface area contributed by atoms with Crippen LogP contribution in [0.2, 0.25) is 0 Å². The molecule has 1 rings (SSSR count). The number of nitrogens with one attached hydrogen (secondary N) is 1. The third-order valence-corrected chi connectivity index (χ3v) is 2.42. The fraction of sp³-hybridized carbons (Fsp3) is 0.875. The summed E-state index contributed by atoms with van der Waals surface area (Å²) in [4.78, 5) is 10.9. The van der Waals surface area contributed by atoms with Crippen LogP contribution < -0.4 is 5.32 Å². The van der Waals surface area contributed by atoms with Crippen molar-refractivity contribution in [2.75, 3.05) is 6.61 Å². The Morgan fingerprint density at radius 3 is 2.73 bits per heavy atom. The van der Waals surface area contributed by atoms with Gasteiger partial charge in [0.25, 0.3) is 0 Å². The highest BCUT2D eigenvalue weighted by Crippen LogP contribution is 2.24. The Morgan fingerprint density at radius 2 is 2.36 bits per heavy atom. The van der Waals surface area contributed by atoms with E-state index in [4.69, 9.17) is 5.11 Å². The molecule has 0 bridgehead atoms. The lowest BCUT2D eigenvalue weighted by molar-refractivity contribution is -0.137. The van der Waals surface area contributed by atoms with Crippen LogP contribution in [0.25, 0.3) is 0 Å². The van der Waals surface area contributed by atoms with Gasteiger partial charge in [0.05, 0.1) is 5.92 Å². The Labute approximate surface area is 66.8 Å². The molecule has 0 aromatic heterocycles. The summed E-state index contributed by atoms with van der Waals surface area (Å²) in [5, 5.41) is 11.6. The van der Waals surface area contributed by atoms with Crippen LogP contribution in [-0.4, -0.2) is 23.7 Å². The molecule has 1 amide bonds. The lowest BCUT2D eigenvalue weighted by Crippen LogP contribution is -2.61. The first-order chi connectivity index (χ1) is 5.20. The predicted octanol–water partition coefficient (Wildman–Crippen LogP) is 0.139. The predicted molar refractivity (Wildman–Crippen MR) is 42.0 cm³/mol. The molecule has 2 N–H and O–H groups in total. The summed E-state index contributed by atoms with van der Waals surface area (Å²) < 4.78 is 0. The van der Waals surface area contributed by atoms with Gasteiger partial charge in [-0.15, -0.1) is 0 Å². The van der Waals surface area contributed by atoms with Gasteiger partial charge in [0.1, 0.15) is 0 Å². The van der Waals surface area contributed by atoms with E-state index in [0.29, 0.717) is 0 Å². The summed E-state index contributed by atoms with van der Waals surface area (Å²) in [7, 11) is 0. The standard InChI is InChI=1S/C8H15NO2/c1-3-6-7(5(2)4-10)9-8(6)11/h5-7,10H,3-4H2,1-2H3,(H,9,11). The number of hydrogen-bond acceptors (Lipinski definition) is 2. The maximum absolute atomic E-state index is 10.9. The topological polar surface area (TPSA) is 49.3 Å². The van der Waals surface area contributed by atoms with Crippen molar-refractivity contribution in [3.8, 4) is 0 Å². The first kappa shape index (κ1) is 8.53. The average molecular weight is 157 g/mol. The van der Waals surface area contributed by atoms with Gasteiger partial charge in [-0.2, -0.15) is 0 Å². The van der Waals surface area contributed by atoms with Crippen LogP contribution in [0.3, 0.4) is 0 Å². The summed E-state index contributed by atoms with van der Waals surface area (Å²) in [6.45, 7) is 4.11. The summed E-state index contributed by atoms with van der Waals surface area (Å²) >= 11 is 0. The zero-order valence-electron chi connectivity index (χ0n) is 7.00. The number of carbonyl (C=O) groups excluding carboxylic acids is 1. The van der Waals surface area contributed by atoms with E-state index in [-0.39, 0.29) is 30.4 Å². The molecule has 3 heteroatoms. The third-order valence-electron chi connectivity index (χ3n) is 2.42. The molecular weight excluding hydrogens is 142 g/mol. The minimum absolute atomic E-state index is 0.136. The second kappa shape index (κ2) is 3.22. The highest BCUT2D eigenvalue weighted by atomic mass is 16.3. The molecule has 1 aliphatic rings. The van der Waals surface area contributed by atoms with Gasteiger partial charge in [0.15, 0.2) is 0 Å². The molecule has 0 radical (unpaired) electrons. The van der Waals surface area contributed by atoms with Crippen LogP contribution in [0, 0.1) is 11.8 Å². The summed E-state index contributed by atoms with van der Waals surface area (Å²) in [6, 6.07) is 0.206. The van der Waals surface area contributed by atoms with Crippen LogP contribution in [0.1, 0.15) is 20.3 Å². The van der Waals surface area contributed by atoms with Crippen molar-refractivity contribution in [3.05, 3.63) is 0 Å². The van der Waals surface area contributed by atoms with Gasteiger partial charge in [0.2, 0.25) is 5.91 Å². The second-order valence-electron chi connectivity index (χ2n) is 3.21. The molecular formula is C8H15NO2. The van der Waals surface area contributed by atoms with E-state index in [1.165, 1.54) is 0 Å². The van der Waals surface area contributed by atoms with Gasteiger partial charge < -0.3 is 10.4 Å². The molecule has 1 heterocycles. The quantitative estimate of drug-likeness (QED) is 0.572. The van der Waals surface area contributed by atoms with Gasteiger partial charge >= 0.3 is 0 Å². The number of hydrogen-bond donors (Lipinski definition) is 2. The molecule has 1 saturated heterocycles. The third kappa shape index (κ3) is 1.38. The lowest BCUT2D eigenvalue weighted by Gasteiger charge is -2.39. The van der Waals surface area contributed by atoms with E-state index in [1.54, 1.807) is 0 Å². The Balaban J connectivity index is 2.44. The van der Waals surface area contributed by atoms with Crippen LogP contribution in [0.5, 0.6) is 0 Å². The van der Waals surface area contributed by atoms with Crippen molar-refractivity contribution in [1.29, 1.82) is 0 Å². The number of carbonyl (C=O) groups is 1. The molecule has 1 aliphatic heterocycles. The van der Waals surface area contributed by atoms with E-state index < -0.39 is 0 Å². The van der Waals surface area contributed by atoms with Crippen LogP contribution in [0.4, 0.5) is 0 Å². The van der Waals surface area contributed by atoms with Crippen molar-refractivity contribution in [3.63, 3.8) is 0 Å². The number of amides is 1. The molecule has 64 valence electrons. The molecule has 0 aromatic carbocycles. The molecule has 3 unspecified atom stereocenters. The molecule has 3 atom stereocenters. The van der Waals surface area contributed by atoms with E-state index in [2.05, 4.69) is 5.32 Å². The van der Waals surface area contributed by atoms with Crippen molar-refractivity contribution in [1.82, 2.24) is 5.32 Å². The minimum atomic E-state index is 0.136. The van der Waals surface area contributed by atoms with Crippen molar-refractivity contribution < 1.29 is 9.90 Å². The summed E-state index contributed by atoms with van der Waals surface area (Å²) in [6.07, 6.45) is 0.876. The summed E-state index contributed by atoms with van der Waals surface area (Å²) in [5.74, 6) is 0.465. The fourth-order valence-electron chi connectivity index (χ4n) is 1.53. The number of aliphatic hydroxyl groups excluding tert-OH is 1. The molecule has 3 nitrogen and oxygen atoms in total. The zero-order chi connectivity index (χ0) is 8.43. The summed E-state index contributed by atoms with van der Waals surface area (Å²) in [5.41, 5.74) is 0. The first-order valence-electron chi connectivity index (χ1n) is 4.12. The van der Waals surface area contributed by atoms with E-state index in [1.807, 2.05) is 13.8 Å². The molecule has 0 aromatic rings. The monoisotopic (exact) mass is 157 g/mol. The second-order valence-corrected chi connectivity index (χ2v) is 3.21. The average Bonchev–Trinajstić information content (AvgIpc) is 1.99. The lowest BCUT2D eigenvalue weighted by atomic mass is 9.81. The highest BCUT2D eigenvalue weighted by Gasteiger charge is 2.40. The largest absolute Gasteiger partial charge is 0.396 e. The molecule has 0 saturated carbocycles. The van der Waals surface area contributed by atoms with E-state index in [0.717, 1.165) is 6.42 Å². The maximum Gasteiger partial charge on any atom is 0.225 e. The SMILES string of the molecule is CCC1C(=O)NC1C(C)CO. The van der Waals surface area contributed by atoms with E-state index in [9.17, 15) is 4.79 Å². The number of rotatable bonds is 3. The van der Waals surface area contributed by atoms with Gasteiger partial charge in [0, 0.05) is 18.6 Å². The van der Waals surface area contributed by atoms with Gasteiger partial charge in [-0.05, 0) is 6.42 Å². The minimum Gasteiger partial charge on any atom is -0.396 e. The van der Waals surface area contributed by atoms with Crippen LogP contribution >= 0.6 is 0 Å². The van der Waals surface area contributed by atoms with Crippen LogP contribution in [0.15, 0.2) is 0 Å². The Morgan fingerprint density at radius 1 is 1.73 bits per heavy atom. The smallest absolute Gasteiger partial charge is 0.225 e. The maximum atomic E-state index is 10.9. The van der Waals surface area contributed by atoms with Crippen molar-refractivity contribution in [2.45, 2.75) is 26.3 Å². The van der Waals surface area contributed by atoms with Crippen molar-refractivity contribution >= 4 is 5.91 Å². The molecule has 0 aliphatic carbocycles. The Bertz CT molecular complexity index is 158. The molecule has 0 spiro atoms. The zero-order valence-corrected chi connectivity index (χ0v) is 7.00. The normalized spacial score (nSPS) is 32.5. The molecule has 1 fully saturated rings. The molecule has 11 heavy (non-hydrogen) atoms. The van der Waals surface area contributed by atoms with Crippen molar-refractivity contribution in [2.24, 2.45) is 11.8 Å². The number of β-lactam (4-membered cyclic amide) rings is 1. The van der Waals surface area contributed by atoms with Gasteiger partial charge in [-0.25, -0.2) is 0 Å². The van der Waals surface area contributed by atoms with Gasteiger partial charge in [-0.1, -0.05) is 13.8 Å². The number of aliphatic hydroxyl groups is 1. The Hall–Kier alpha value is -0.570.